The van der Waals surface area contributed by atoms with Crippen molar-refractivity contribution in [3.63, 3.8) is 0 Å². The number of nitrogens with one attached hydrogen (secondary N) is 1. The second-order valence-electron chi connectivity index (χ2n) is 6.92. The summed E-state index contributed by atoms with van der Waals surface area (Å²) in [5, 5.41) is 4.84. The van der Waals surface area contributed by atoms with Gasteiger partial charge in [0.1, 0.15) is 5.71 Å². The lowest BCUT2D eigenvalue weighted by Crippen LogP contribution is -2.52. The van der Waals surface area contributed by atoms with Gasteiger partial charge in [0.15, 0.2) is 5.60 Å². The number of hydrazone groups is 1. The molecule has 1 aromatic heterocycles. The average molecular weight is 351 g/mol. The van der Waals surface area contributed by atoms with Crippen LogP contribution in [0.1, 0.15) is 50.3 Å². The second kappa shape index (κ2) is 6.69. The summed E-state index contributed by atoms with van der Waals surface area (Å²) < 4.78 is 5.72. The standard InChI is InChI=1S/C17H23ClN4O2/c1-10(19)7-12-3-5-17(6-4-12)15(21-22-16(23)24-17)13-9-20-11(2)8-14(13)18/h8-10,12H,3-7,19H2,1-2H3,(H,22,23). The first-order valence-electron chi connectivity index (χ1n) is 8.35. The van der Waals surface area contributed by atoms with Crippen LogP contribution in [0.5, 0.6) is 0 Å². The molecule has 1 saturated carbocycles. The maximum atomic E-state index is 11.8. The van der Waals surface area contributed by atoms with E-state index in [1.807, 2.05) is 13.8 Å². The third kappa shape index (κ3) is 3.39. The van der Waals surface area contributed by atoms with E-state index in [9.17, 15) is 4.79 Å². The van der Waals surface area contributed by atoms with E-state index in [4.69, 9.17) is 22.1 Å². The lowest BCUT2D eigenvalue weighted by molar-refractivity contribution is 0.0158. The van der Waals surface area contributed by atoms with E-state index in [1.54, 1.807) is 12.3 Å². The third-order valence-electron chi connectivity index (χ3n) is 4.84. The predicted octanol–water partition coefficient (Wildman–Crippen LogP) is 3.15. The average Bonchev–Trinajstić information content (AvgIpc) is 2.51. The molecule has 1 aromatic rings. The number of aromatic nitrogens is 1. The van der Waals surface area contributed by atoms with Gasteiger partial charge in [0.2, 0.25) is 0 Å². The van der Waals surface area contributed by atoms with Crippen LogP contribution < -0.4 is 11.2 Å². The maximum Gasteiger partial charge on any atom is 0.428 e. The van der Waals surface area contributed by atoms with Crippen molar-refractivity contribution in [1.29, 1.82) is 0 Å². The normalized spacial score (nSPS) is 28.1. The van der Waals surface area contributed by atoms with Gasteiger partial charge in [-0.3, -0.25) is 4.98 Å². The Kier molecular flexibility index (Phi) is 4.78. The number of hydrogen-bond donors (Lipinski definition) is 2. The van der Waals surface area contributed by atoms with E-state index in [2.05, 4.69) is 15.5 Å². The molecule has 3 rings (SSSR count). The largest absolute Gasteiger partial charge is 0.435 e. The summed E-state index contributed by atoms with van der Waals surface area (Å²) in [6, 6.07) is 1.98. The Morgan fingerprint density at radius 1 is 1.50 bits per heavy atom. The minimum absolute atomic E-state index is 0.184. The van der Waals surface area contributed by atoms with Crippen molar-refractivity contribution in [2.75, 3.05) is 0 Å². The maximum absolute atomic E-state index is 11.8. The van der Waals surface area contributed by atoms with Crippen LogP contribution in [-0.4, -0.2) is 28.4 Å². The van der Waals surface area contributed by atoms with Gasteiger partial charge in [0, 0.05) is 23.5 Å². The smallest absolute Gasteiger partial charge is 0.428 e. The number of carbonyl (C=O) groups is 1. The number of ether oxygens (including phenoxy) is 1. The van der Waals surface area contributed by atoms with Gasteiger partial charge < -0.3 is 10.5 Å². The Hall–Kier alpha value is -1.66. The van der Waals surface area contributed by atoms with Crippen molar-refractivity contribution in [1.82, 2.24) is 10.4 Å². The summed E-state index contributed by atoms with van der Waals surface area (Å²) in [6.45, 7) is 3.91. The zero-order valence-corrected chi connectivity index (χ0v) is 14.8. The fourth-order valence-corrected chi connectivity index (χ4v) is 4.00. The van der Waals surface area contributed by atoms with Gasteiger partial charge in [0.25, 0.3) is 0 Å². The molecule has 1 aliphatic heterocycles. The van der Waals surface area contributed by atoms with E-state index in [1.165, 1.54) is 0 Å². The van der Waals surface area contributed by atoms with Gasteiger partial charge in [-0.25, -0.2) is 10.2 Å². The number of nitrogens with two attached hydrogens (primary N) is 1. The molecule has 3 N–H and O–H groups in total. The van der Waals surface area contributed by atoms with Crippen molar-refractivity contribution in [2.45, 2.75) is 57.6 Å². The number of carbonyl (C=O) groups excluding carboxylic acids is 1. The molecule has 0 radical (unpaired) electrons. The van der Waals surface area contributed by atoms with Gasteiger partial charge in [-0.1, -0.05) is 11.6 Å². The topological polar surface area (TPSA) is 89.6 Å². The minimum Gasteiger partial charge on any atom is -0.435 e. The number of rotatable bonds is 3. The Balaban J connectivity index is 1.89. The van der Waals surface area contributed by atoms with E-state index in [0.717, 1.165) is 37.8 Å². The number of halogens is 1. The molecule has 1 spiro atoms. The van der Waals surface area contributed by atoms with Crippen molar-refractivity contribution < 1.29 is 9.53 Å². The number of nitrogens with zero attached hydrogens (tertiary/aromatic N) is 2. The molecule has 1 fully saturated rings. The number of aryl methyl sites for hydroxylation is 1. The summed E-state index contributed by atoms with van der Waals surface area (Å²) in [7, 11) is 0. The van der Waals surface area contributed by atoms with E-state index >= 15 is 0 Å². The Labute approximate surface area is 146 Å². The molecular weight excluding hydrogens is 328 g/mol. The number of pyridine rings is 1. The van der Waals surface area contributed by atoms with Crippen LogP contribution >= 0.6 is 11.6 Å². The predicted molar refractivity (Wildman–Crippen MR) is 93.1 cm³/mol. The molecule has 6 nitrogen and oxygen atoms in total. The second-order valence-corrected chi connectivity index (χ2v) is 7.33. The van der Waals surface area contributed by atoms with E-state index in [0.29, 0.717) is 22.2 Å². The van der Waals surface area contributed by atoms with Crippen LogP contribution in [0, 0.1) is 12.8 Å². The molecule has 7 heteroatoms. The monoisotopic (exact) mass is 350 g/mol. The number of amides is 1. The molecule has 0 aromatic carbocycles. The zero-order chi connectivity index (χ0) is 17.3. The summed E-state index contributed by atoms with van der Waals surface area (Å²) in [4.78, 5) is 16.1. The Morgan fingerprint density at radius 2 is 2.21 bits per heavy atom. The van der Waals surface area contributed by atoms with E-state index < -0.39 is 11.7 Å². The Bertz CT molecular complexity index is 667. The first-order chi connectivity index (χ1) is 11.4. The molecule has 0 bridgehead atoms. The van der Waals surface area contributed by atoms with Gasteiger partial charge in [-0.2, -0.15) is 5.10 Å². The van der Waals surface area contributed by atoms with Gasteiger partial charge in [0.05, 0.1) is 5.02 Å². The summed E-state index contributed by atoms with van der Waals surface area (Å²) in [5.74, 6) is 0.553. The highest BCUT2D eigenvalue weighted by atomic mass is 35.5. The first kappa shape index (κ1) is 17.2. The molecule has 2 aliphatic rings. The highest BCUT2D eigenvalue weighted by Gasteiger charge is 2.46. The zero-order valence-electron chi connectivity index (χ0n) is 14.0. The van der Waals surface area contributed by atoms with Crippen LogP contribution in [0.4, 0.5) is 4.79 Å². The highest BCUT2D eigenvalue weighted by Crippen LogP contribution is 2.41. The number of hydrogen-bond acceptors (Lipinski definition) is 5. The lowest BCUT2D eigenvalue weighted by Gasteiger charge is -2.42. The van der Waals surface area contributed by atoms with Crippen LogP contribution in [-0.2, 0) is 4.74 Å². The fraction of sp³-hybridized carbons (Fsp3) is 0.588. The first-order valence-corrected chi connectivity index (χ1v) is 8.73. The fourth-order valence-electron chi connectivity index (χ4n) is 3.70. The molecule has 130 valence electrons. The van der Waals surface area contributed by atoms with Crippen LogP contribution in [0.2, 0.25) is 5.02 Å². The molecular formula is C17H23ClN4O2. The van der Waals surface area contributed by atoms with Gasteiger partial charge in [-0.05, 0) is 57.9 Å². The summed E-state index contributed by atoms with van der Waals surface area (Å²) in [6.07, 6.45) is 5.52. The SMILES string of the molecule is Cc1cc(Cl)c(C2=NNC(=O)OC23CCC(CC(C)N)CC3)cn1. The van der Waals surface area contributed by atoms with Crippen molar-refractivity contribution in [3.8, 4) is 0 Å². The Morgan fingerprint density at radius 3 is 2.83 bits per heavy atom. The minimum atomic E-state index is -0.725. The van der Waals surface area contributed by atoms with Gasteiger partial charge in [-0.15, -0.1) is 0 Å². The third-order valence-corrected chi connectivity index (χ3v) is 5.15. The van der Waals surface area contributed by atoms with Crippen LogP contribution in [0.3, 0.4) is 0 Å². The highest BCUT2D eigenvalue weighted by molar-refractivity contribution is 6.34. The molecule has 24 heavy (non-hydrogen) atoms. The molecule has 1 unspecified atom stereocenters. The summed E-state index contributed by atoms with van der Waals surface area (Å²) in [5.41, 5.74) is 9.82. The van der Waals surface area contributed by atoms with Crippen molar-refractivity contribution in [3.05, 3.63) is 28.5 Å². The molecule has 1 atom stereocenters. The molecule has 2 heterocycles. The van der Waals surface area contributed by atoms with Crippen LogP contribution in [0.25, 0.3) is 0 Å². The molecule has 1 aliphatic carbocycles. The van der Waals surface area contributed by atoms with Crippen molar-refractivity contribution >= 4 is 23.4 Å². The molecule has 0 saturated heterocycles. The quantitative estimate of drug-likeness (QED) is 0.876. The van der Waals surface area contributed by atoms with Crippen molar-refractivity contribution in [2.24, 2.45) is 16.8 Å². The molecule has 1 amide bonds. The summed E-state index contributed by atoms with van der Waals surface area (Å²) >= 11 is 6.39. The van der Waals surface area contributed by atoms with Crippen LogP contribution in [0.15, 0.2) is 17.4 Å². The van der Waals surface area contributed by atoms with Gasteiger partial charge >= 0.3 is 6.09 Å². The lowest BCUT2D eigenvalue weighted by atomic mass is 9.73. The van der Waals surface area contributed by atoms with E-state index in [-0.39, 0.29) is 6.04 Å².